The molecular weight excluding hydrogens is 246 g/mol. The number of hydrogen-bond acceptors (Lipinski definition) is 2. The monoisotopic (exact) mass is 267 g/mol. The van der Waals surface area contributed by atoms with E-state index < -0.39 is 10.0 Å². The summed E-state index contributed by atoms with van der Waals surface area (Å²) in [5.74, 6) is 1.02. The van der Waals surface area contributed by atoms with Crippen molar-refractivity contribution in [1.82, 2.24) is 4.72 Å². The Morgan fingerprint density at radius 1 is 1.11 bits per heavy atom. The summed E-state index contributed by atoms with van der Waals surface area (Å²) in [6.45, 7) is 4.32. The summed E-state index contributed by atoms with van der Waals surface area (Å²) in [5, 5.41) is 0. The molecule has 0 saturated heterocycles. The predicted molar refractivity (Wildman–Crippen MR) is 72.7 cm³/mol. The average Bonchev–Trinajstić information content (AvgIpc) is 2.35. The number of nitrogens with one attached hydrogen (secondary N) is 1. The standard InChI is InChI=1S/C14H21NO2S/c1-11-8-9-12(2)14(10-11)15-18(16,17)13-6-4-3-5-7-13/h3-7,11-12,14-15H,8-10H2,1-2H3. The maximum atomic E-state index is 12.2. The van der Waals surface area contributed by atoms with Crippen LogP contribution in [0.3, 0.4) is 0 Å². The van der Waals surface area contributed by atoms with Crippen molar-refractivity contribution in [1.29, 1.82) is 0 Å². The van der Waals surface area contributed by atoms with E-state index in [0.29, 0.717) is 16.7 Å². The van der Waals surface area contributed by atoms with Crippen LogP contribution in [0.4, 0.5) is 0 Å². The number of sulfonamides is 1. The Balaban J connectivity index is 2.13. The molecule has 1 aromatic carbocycles. The fourth-order valence-corrected chi connectivity index (χ4v) is 3.94. The largest absolute Gasteiger partial charge is 0.240 e. The lowest BCUT2D eigenvalue weighted by Gasteiger charge is -2.33. The lowest BCUT2D eigenvalue weighted by molar-refractivity contribution is 0.251. The van der Waals surface area contributed by atoms with Crippen LogP contribution in [0, 0.1) is 11.8 Å². The van der Waals surface area contributed by atoms with Crippen molar-refractivity contribution >= 4 is 10.0 Å². The first-order valence-electron chi connectivity index (χ1n) is 6.56. The zero-order chi connectivity index (χ0) is 13.2. The van der Waals surface area contributed by atoms with Crippen molar-refractivity contribution in [3.63, 3.8) is 0 Å². The SMILES string of the molecule is CC1CCC(C)C(NS(=O)(=O)c2ccccc2)C1. The minimum Gasteiger partial charge on any atom is -0.208 e. The van der Waals surface area contributed by atoms with Crippen LogP contribution in [0.25, 0.3) is 0 Å². The van der Waals surface area contributed by atoms with Crippen molar-refractivity contribution in [3.05, 3.63) is 30.3 Å². The van der Waals surface area contributed by atoms with E-state index >= 15 is 0 Å². The van der Waals surface area contributed by atoms with Gasteiger partial charge >= 0.3 is 0 Å². The van der Waals surface area contributed by atoms with E-state index in [0.717, 1.165) is 12.8 Å². The van der Waals surface area contributed by atoms with Gasteiger partial charge in [0.25, 0.3) is 0 Å². The maximum Gasteiger partial charge on any atom is 0.240 e. The van der Waals surface area contributed by atoms with Gasteiger partial charge in [0.05, 0.1) is 4.90 Å². The van der Waals surface area contributed by atoms with Gasteiger partial charge in [0.1, 0.15) is 0 Å². The summed E-state index contributed by atoms with van der Waals surface area (Å²) < 4.78 is 27.3. The molecule has 4 heteroatoms. The van der Waals surface area contributed by atoms with Gasteiger partial charge in [0.2, 0.25) is 10.0 Å². The summed E-state index contributed by atoms with van der Waals surface area (Å²) in [5.41, 5.74) is 0. The van der Waals surface area contributed by atoms with Crippen molar-refractivity contribution in [3.8, 4) is 0 Å². The van der Waals surface area contributed by atoms with Gasteiger partial charge < -0.3 is 0 Å². The zero-order valence-electron chi connectivity index (χ0n) is 11.0. The van der Waals surface area contributed by atoms with Gasteiger partial charge in [-0.25, -0.2) is 13.1 Å². The van der Waals surface area contributed by atoms with Gasteiger partial charge in [-0.1, -0.05) is 38.5 Å². The van der Waals surface area contributed by atoms with E-state index in [1.54, 1.807) is 24.3 Å². The fraction of sp³-hybridized carbons (Fsp3) is 0.571. The van der Waals surface area contributed by atoms with E-state index in [2.05, 4.69) is 18.6 Å². The Kier molecular flexibility index (Phi) is 4.07. The molecule has 3 atom stereocenters. The van der Waals surface area contributed by atoms with Crippen LogP contribution in [-0.4, -0.2) is 14.5 Å². The molecule has 3 nitrogen and oxygen atoms in total. The van der Waals surface area contributed by atoms with E-state index in [1.807, 2.05) is 6.07 Å². The minimum absolute atomic E-state index is 0.0685. The van der Waals surface area contributed by atoms with Crippen molar-refractivity contribution < 1.29 is 8.42 Å². The molecule has 2 rings (SSSR count). The first kappa shape index (κ1) is 13.6. The minimum atomic E-state index is -3.37. The van der Waals surface area contributed by atoms with Crippen molar-refractivity contribution in [2.24, 2.45) is 11.8 Å². The number of benzene rings is 1. The lowest BCUT2D eigenvalue weighted by Crippen LogP contribution is -2.42. The average molecular weight is 267 g/mol. The molecule has 1 fully saturated rings. The third kappa shape index (κ3) is 3.12. The van der Waals surface area contributed by atoms with E-state index in [4.69, 9.17) is 0 Å². The molecule has 18 heavy (non-hydrogen) atoms. The highest BCUT2D eigenvalue weighted by Crippen LogP contribution is 2.29. The summed E-state index contributed by atoms with van der Waals surface area (Å²) in [7, 11) is -3.37. The molecule has 1 saturated carbocycles. The summed E-state index contributed by atoms with van der Waals surface area (Å²) >= 11 is 0. The van der Waals surface area contributed by atoms with E-state index in [1.165, 1.54) is 6.42 Å². The van der Waals surface area contributed by atoms with Gasteiger partial charge in [-0.05, 0) is 36.8 Å². The summed E-state index contributed by atoms with van der Waals surface area (Å²) in [6, 6.07) is 8.67. The van der Waals surface area contributed by atoms with E-state index in [-0.39, 0.29) is 6.04 Å². The zero-order valence-corrected chi connectivity index (χ0v) is 11.8. The molecule has 1 aliphatic rings. The van der Waals surface area contributed by atoms with Crippen LogP contribution < -0.4 is 4.72 Å². The topological polar surface area (TPSA) is 46.2 Å². The highest BCUT2D eigenvalue weighted by atomic mass is 32.2. The van der Waals surface area contributed by atoms with Crippen LogP contribution in [0.2, 0.25) is 0 Å². The molecule has 1 aliphatic carbocycles. The van der Waals surface area contributed by atoms with Crippen LogP contribution in [0.5, 0.6) is 0 Å². The lowest BCUT2D eigenvalue weighted by atomic mass is 9.81. The molecular formula is C14H21NO2S. The van der Waals surface area contributed by atoms with Crippen molar-refractivity contribution in [2.45, 2.75) is 44.0 Å². The second-order valence-corrected chi connectivity index (χ2v) is 7.15. The van der Waals surface area contributed by atoms with Gasteiger partial charge in [-0.2, -0.15) is 0 Å². The van der Waals surface area contributed by atoms with Crippen LogP contribution >= 0.6 is 0 Å². The summed E-state index contributed by atoms with van der Waals surface area (Å²) in [4.78, 5) is 0.357. The fourth-order valence-electron chi connectivity index (χ4n) is 2.56. The Morgan fingerprint density at radius 2 is 1.78 bits per heavy atom. The first-order chi connectivity index (χ1) is 8.49. The second kappa shape index (κ2) is 5.41. The van der Waals surface area contributed by atoms with Gasteiger partial charge in [-0.3, -0.25) is 0 Å². The predicted octanol–water partition coefficient (Wildman–Crippen LogP) is 2.79. The Bertz CT molecular complexity index is 484. The molecule has 0 aromatic heterocycles. The quantitative estimate of drug-likeness (QED) is 0.915. The van der Waals surface area contributed by atoms with Gasteiger partial charge in [0.15, 0.2) is 0 Å². The third-order valence-corrected chi connectivity index (χ3v) is 5.32. The molecule has 0 radical (unpaired) electrons. The highest BCUT2D eigenvalue weighted by Gasteiger charge is 2.29. The molecule has 0 aliphatic heterocycles. The van der Waals surface area contributed by atoms with Crippen molar-refractivity contribution in [2.75, 3.05) is 0 Å². The molecule has 1 aromatic rings. The second-order valence-electron chi connectivity index (χ2n) is 5.44. The molecule has 0 amide bonds. The Labute approximate surface area is 110 Å². The third-order valence-electron chi connectivity index (χ3n) is 3.82. The normalized spacial score (nSPS) is 29.1. The maximum absolute atomic E-state index is 12.2. The molecule has 0 bridgehead atoms. The van der Waals surface area contributed by atoms with E-state index in [9.17, 15) is 8.42 Å². The highest BCUT2D eigenvalue weighted by molar-refractivity contribution is 7.89. The van der Waals surface area contributed by atoms with Gasteiger partial charge in [0, 0.05) is 6.04 Å². The Hall–Kier alpha value is -0.870. The number of hydrogen-bond donors (Lipinski definition) is 1. The molecule has 0 spiro atoms. The summed E-state index contributed by atoms with van der Waals surface area (Å²) in [6.07, 6.45) is 3.24. The molecule has 0 heterocycles. The molecule has 1 N–H and O–H groups in total. The first-order valence-corrected chi connectivity index (χ1v) is 8.05. The van der Waals surface area contributed by atoms with Crippen LogP contribution in [-0.2, 0) is 10.0 Å². The molecule has 3 unspecified atom stereocenters. The number of rotatable bonds is 3. The Morgan fingerprint density at radius 3 is 2.44 bits per heavy atom. The van der Waals surface area contributed by atoms with Gasteiger partial charge in [-0.15, -0.1) is 0 Å². The molecule has 100 valence electrons. The van der Waals surface area contributed by atoms with Crippen LogP contribution in [0.15, 0.2) is 35.2 Å². The smallest absolute Gasteiger partial charge is 0.208 e. The van der Waals surface area contributed by atoms with Crippen LogP contribution in [0.1, 0.15) is 33.1 Å².